The van der Waals surface area contributed by atoms with Gasteiger partial charge in [0.15, 0.2) is 11.6 Å². The fourth-order valence-electron chi connectivity index (χ4n) is 3.14. The van der Waals surface area contributed by atoms with Gasteiger partial charge in [-0.1, -0.05) is 20.8 Å². The average molecular weight is 286 g/mol. The number of nitrogens with zero attached hydrogens (tertiary/aromatic N) is 4. The summed E-state index contributed by atoms with van der Waals surface area (Å²) in [6.45, 7) is 7.05. The van der Waals surface area contributed by atoms with Crippen molar-refractivity contribution in [2.24, 2.45) is 5.41 Å². The van der Waals surface area contributed by atoms with Crippen LogP contribution in [0.1, 0.15) is 38.1 Å². The summed E-state index contributed by atoms with van der Waals surface area (Å²) in [6.07, 6.45) is 5.57. The molecule has 1 fully saturated rings. The molecule has 21 heavy (non-hydrogen) atoms. The Morgan fingerprint density at radius 1 is 1.29 bits per heavy atom. The van der Waals surface area contributed by atoms with Crippen LogP contribution in [0.2, 0.25) is 0 Å². The minimum atomic E-state index is -0.297. The number of pyridine rings is 1. The van der Waals surface area contributed by atoms with Crippen molar-refractivity contribution in [1.82, 2.24) is 15.0 Å². The zero-order valence-electron chi connectivity index (χ0n) is 12.5. The lowest BCUT2D eigenvalue weighted by Crippen LogP contribution is -2.56. The molecule has 0 bridgehead atoms. The van der Waals surface area contributed by atoms with Crippen molar-refractivity contribution in [2.45, 2.75) is 33.2 Å². The van der Waals surface area contributed by atoms with Crippen molar-refractivity contribution in [3.8, 4) is 0 Å². The van der Waals surface area contributed by atoms with Crippen molar-refractivity contribution in [2.75, 3.05) is 11.4 Å². The number of hydrogen-bond acceptors (Lipinski definition) is 4. The maximum atomic E-state index is 14.5. The minimum Gasteiger partial charge on any atom is -0.346 e. The highest BCUT2D eigenvalue weighted by atomic mass is 19.1. The van der Waals surface area contributed by atoms with E-state index in [4.69, 9.17) is 0 Å². The lowest BCUT2D eigenvalue weighted by molar-refractivity contribution is 0.176. The second-order valence-electron chi connectivity index (χ2n) is 6.11. The molecule has 1 aliphatic heterocycles. The summed E-state index contributed by atoms with van der Waals surface area (Å²) in [5, 5.41) is 0. The fourth-order valence-corrected chi connectivity index (χ4v) is 3.14. The van der Waals surface area contributed by atoms with E-state index in [0.717, 1.165) is 12.1 Å². The molecule has 2 aromatic heterocycles. The molecule has 0 unspecified atom stereocenters. The summed E-state index contributed by atoms with van der Waals surface area (Å²) in [5.41, 5.74) is 1.68. The van der Waals surface area contributed by atoms with Crippen LogP contribution in [0.3, 0.4) is 0 Å². The van der Waals surface area contributed by atoms with Gasteiger partial charge in [0.05, 0.1) is 11.7 Å². The second-order valence-corrected chi connectivity index (χ2v) is 6.11. The van der Waals surface area contributed by atoms with E-state index >= 15 is 0 Å². The van der Waals surface area contributed by atoms with Crippen molar-refractivity contribution in [1.29, 1.82) is 0 Å². The summed E-state index contributed by atoms with van der Waals surface area (Å²) in [4.78, 5) is 14.3. The molecular weight excluding hydrogens is 267 g/mol. The third-order valence-electron chi connectivity index (χ3n) is 4.10. The minimum absolute atomic E-state index is 0.0745. The average Bonchev–Trinajstić information content (AvgIpc) is 2.46. The molecule has 5 heteroatoms. The highest BCUT2D eigenvalue weighted by molar-refractivity contribution is 5.50. The Balaban J connectivity index is 2.00. The molecule has 1 saturated heterocycles. The molecule has 0 spiro atoms. The molecule has 0 N–H and O–H groups in total. The maximum Gasteiger partial charge on any atom is 0.187 e. The highest BCUT2D eigenvalue weighted by Crippen LogP contribution is 2.50. The lowest BCUT2D eigenvalue weighted by Gasteiger charge is -2.55. The molecule has 1 aliphatic rings. The Morgan fingerprint density at radius 2 is 2.00 bits per heavy atom. The van der Waals surface area contributed by atoms with Crippen molar-refractivity contribution in [3.05, 3.63) is 47.9 Å². The monoisotopic (exact) mass is 286 g/mol. The molecular formula is C16H19FN4. The van der Waals surface area contributed by atoms with E-state index in [1.54, 1.807) is 12.4 Å². The molecule has 0 aromatic carbocycles. The van der Waals surface area contributed by atoms with Gasteiger partial charge in [0.25, 0.3) is 0 Å². The van der Waals surface area contributed by atoms with E-state index in [0.29, 0.717) is 17.9 Å². The van der Waals surface area contributed by atoms with Crippen LogP contribution in [-0.2, 0) is 6.42 Å². The Kier molecular flexibility index (Phi) is 3.35. The highest BCUT2D eigenvalue weighted by Gasteiger charge is 2.48. The first-order valence-corrected chi connectivity index (χ1v) is 7.20. The van der Waals surface area contributed by atoms with Gasteiger partial charge in [-0.15, -0.1) is 0 Å². The number of anilines is 1. The largest absolute Gasteiger partial charge is 0.346 e. The zero-order valence-corrected chi connectivity index (χ0v) is 12.5. The van der Waals surface area contributed by atoms with E-state index < -0.39 is 0 Å². The smallest absolute Gasteiger partial charge is 0.187 e. The van der Waals surface area contributed by atoms with E-state index in [1.807, 2.05) is 24.0 Å². The molecule has 0 radical (unpaired) electrons. The number of halogens is 1. The summed E-state index contributed by atoms with van der Waals surface area (Å²) in [7, 11) is 0. The lowest BCUT2D eigenvalue weighted by atomic mass is 9.72. The first-order chi connectivity index (χ1) is 10.0. The summed E-state index contributed by atoms with van der Waals surface area (Å²) in [5.74, 6) is 0.109. The molecule has 4 nitrogen and oxygen atoms in total. The Morgan fingerprint density at radius 3 is 2.62 bits per heavy atom. The van der Waals surface area contributed by atoms with Gasteiger partial charge in [0.1, 0.15) is 6.33 Å². The summed E-state index contributed by atoms with van der Waals surface area (Å²) >= 11 is 0. The molecule has 3 heterocycles. The van der Waals surface area contributed by atoms with E-state index in [1.165, 1.54) is 6.33 Å². The van der Waals surface area contributed by atoms with Crippen LogP contribution in [-0.4, -0.2) is 21.5 Å². The van der Waals surface area contributed by atoms with Gasteiger partial charge in [0, 0.05) is 24.4 Å². The topological polar surface area (TPSA) is 41.9 Å². The molecule has 0 aliphatic carbocycles. The summed E-state index contributed by atoms with van der Waals surface area (Å²) in [6, 6.07) is 4.08. The SMILES string of the molecule is CCc1ncnc(N2CC(C)(C)[C@H]2c2ccncc2)c1F. The normalized spacial score (nSPS) is 20.2. The van der Waals surface area contributed by atoms with Crippen LogP contribution in [0.25, 0.3) is 0 Å². The molecule has 2 aromatic rings. The van der Waals surface area contributed by atoms with Gasteiger partial charge in [-0.05, 0) is 24.1 Å². The van der Waals surface area contributed by atoms with Gasteiger partial charge >= 0.3 is 0 Å². The standard InChI is InChI=1S/C16H19FN4/c1-4-12-13(17)15(20-10-19-12)21-9-16(2,3)14(21)11-5-7-18-8-6-11/h5-8,10,14H,4,9H2,1-3H3/t14-/m1/s1. The molecule has 3 rings (SSSR count). The second kappa shape index (κ2) is 5.06. The van der Waals surface area contributed by atoms with Crippen molar-refractivity contribution >= 4 is 5.82 Å². The molecule has 110 valence electrons. The van der Waals surface area contributed by atoms with E-state index in [2.05, 4.69) is 28.8 Å². The first kappa shape index (κ1) is 13.9. The van der Waals surface area contributed by atoms with Crippen molar-refractivity contribution in [3.63, 3.8) is 0 Å². The number of rotatable bonds is 3. The fraction of sp³-hybridized carbons (Fsp3) is 0.438. The molecule has 1 atom stereocenters. The van der Waals surface area contributed by atoms with Gasteiger partial charge < -0.3 is 4.90 Å². The molecule has 0 saturated carbocycles. The van der Waals surface area contributed by atoms with Gasteiger partial charge in [-0.3, -0.25) is 4.98 Å². The predicted molar refractivity (Wildman–Crippen MR) is 79.5 cm³/mol. The zero-order chi connectivity index (χ0) is 15.0. The van der Waals surface area contributed by atoms with Gasteiger partial charge in [-0.2, -0.15) is 0 Å². The van der Waals surface area contributed by atoms with Crippen LogP contribution in [0, 0.1) is 11.2 Å². The van der Waals surface area contributed by atoms with Gasteiger partial charge in [-0.25, -0.2) is 14.4 Å². The Hall–Kier alpha value is -2.04. The third kappa shape index (κ3) is 2.26. The van der Waals surface area contributed by atoms with Crippen molar-refractivity contribution < 1.29 is 4.39 Å². The van der Waals surface area contributed by atoms with Crippen LogP contribution in [0.15, 0.2) is 30.9 Å². The van der Waals surface area contributed by atoms with Crippen LogP contribution in [0.5, 0.6) is 0 Å². The van der Waals surface area contributed by atoms with E-state index in [9.17, 15) is 4.39 Å². The first-order valence-electron chi connectivity index (χ1n) is 7.20. The number of hydrogen-bond donors (Lipinski definition) is 0. The van der Waals surface area contributed by atoms with E-state index in [-0.39, 0.29) is 17.3 Å². The van der Waals surface area contributed by atoms with Gasteiger partial charge in [0.2, 0.25) is 0 Å². The quantitative estimate of drug-likeness (QED) is 0.869. The number of aromatic nitrogens is 3. The Bertz CT molecular complexity index is 642. The predicted octanol–water partition coefficient (Wildman–Crippen LogP) is 3.16. The number of aryl methyl sites for hydroxylation is 1. The van der Waals surface area contributed by atoms with Crippen LogP contribution in [0.4, 0.5) is 10.2 Å². The molecule has 0 amide bonds. The van der Waals surface area contributed by atoms with Crippen LogP contribution < -0.4 is 4.90 Å². The maximum absolute atomic E-state index is 14.5. The third-order valence-corrected chi connectivity index (χ3v) is 4.10. The Labute approximate surface area is 124 Å². The van der Waals surface area contributed by atoms with Crippen LogP contribution >= 0.6 is 0 Å². The summed E-state index contributed by atoms with van der Waals surface area (Å²) < 4.78 is 14.5.